The summed E-state index contributed by atoms with van der Waals surface area (Å²) in [5.41, 5.74) is 1.00. The number of amides is 2. The van der Waals surface area contributed by atoms with Crippen LogP contribution in [0.3, 0.4) is 0 Å². The Kier molecular flexibility index (Phi) is 6.36. The lowest BCUT2D eigenvalue weighted by Crippen LogP contribution is -2.44. The fraction of sp³-hybridized carbons (Fsp3) is 0.588. The summed E-state index contributed by atoms with van der Waals surface area (Å²) in [4.78, 5) is 14.4. The van der Waals surface area contributed by atoms with Crippen molar-refractivity contribution in [3.8, 4) is 5.75 Å². The van der Waals surface area contributed by atoms with Gasteiger partial charge >= 0.3 is 12.6 Å². The quantitative estimate of drug-likeness (QED) is 0.862. The Balaban J connectivity index is 1.89. The minimum atomic E-state index is -2.89. The van der Waals surface area contributed by atoms with Crippen LogP contribution in [-0.4, -0.2) is 43.7 Å². The average Bonchev–Trinajstić information content (AvgIpc) is 2.50. The molecular formula is C17H25F2N3O2. The van der Waals surface area contributed by atoms with Crippen molar-refractivity contribution in [3.05, 3.63) is 23.8 Å². The second kappa shape index (κ2) is 8.28. The Morgan fingerprint density at radius 1 is 1.33 bits per heavy atom. The highest BCUT2D eigenvalue weighted by Gasteiger charge is 2.23. The highest BCUT2D eigenvalue weighted by molar-refractivity contribution is 5.89. The number of nitrogens with zero attached hydrogens (tertiary/aromatic N) is 1. The van der Waals surface area contributed by atoms with Gasteiger partial charge < -0.3 is 20.3 Å². The van der Waals surface area contributed by atoms with Gasteiger partial charge in [0.15, 0.2) is 0 Å². The molecule has 5 nitrogen and oxygen atoms in total. The van der Waals surface area contributed by atoms with E-state index in [1.165, 1.54) is 6.07 Å². The number of carbonyl (C=O) groups is 1. The number of alkyl halides is 2. The van der Waals surface area contributed by atoms with Gasteiger partial charge in [-0.15, -0.1) is 0 Å². The molecule has 0 aromatic heterocycles. The smallest absolute Gasteiger partial charge is 0.387 e. The lowest BCUT2D eigenvalue weighted by atomic mass is 9.91. The van der Waals surface area contributed by atoms with Crippen molar-refractivity contribution >= 4 is 11.7 Å². The van der Waals surface area contributed by atoms with E-state index in [2.05, 4.69) is 27.3 Å². The summed E-state index contributed by atoms with van der Waals surface area (Å²) in [6, 6.07) is 4.41. The second-order valence-corrected chi connectivity index (χ2v) is 6.39. The summed E-state index contributed by atoms with van der Waals surface area (Å²) in [5.74, 6) is 0.508. The van der Waals surface area contributed by atoms with E-state index >= 15 is 0 Å². The van der Waals surface area contributed by atoms with E-state index < -0.39 is 6.61 Å². The van der Waals surface area contributed by atoms with Crippen molar-refractivity contribution in [2.24, 2.45) is 5.92 Å². The molecule has 2 amide bonds. The van der Waals surface area contributed by atoms with Crippen molar-refractivity contribution < 1.29 is 18.3 Å². The fourth-order valence-corrected chi connectivity index (χ4v) is 2.92. The zero-order chi connectivity index (χ0) is 17.7. The summed E-state index contributed by atoms with van der Waals surface area (Å²) in [6.07, 6.45) is 2.10. The molecule has 0 aliphatic carbocycles. The molecule has 134 valence electrons. The number of anilines is 1. The minimum Gasteiger partial charge on any atom is -0.434 e. The number of rotatable bonds is 5. The van der Waals surface area contributed by atoms with Gasteiger partial charge in [0.25, 0.3) is 0 Å². The zero-order valence-corrected chi connectivity index (χ0v) is 14.3. The maximum Gasteiger partial charge on any atom is 0.387 e. The number of piperidine rings is 1. The lowest BCUT2D eigenvalue weighted by Gasteiger charge is -2.33. The molecule has 2 rings (SSSR count). The molecule has 1 saturated heterocycles. The molecule has 2 N–H and O–H groups in total. The van der Waals surface area contributed by atoms with Gasteiger partial charge in [-0.3, -0.25) is 0 Å². The summed E-state index contributed by atoms with van der Waals surface area (Å²) in [7, 11) is 2.09. The van der Waals surface area contributed by atoms with E-state index in [9.17, 15) is 13.6 Å². The number of nitrogens with one attached hydrogen (secondary N) is 2. The maximum absolute atomic E-state index is 12.4. The molecular weight excluding hydrogens is 316 g/mol. The van der Waals surface area contributed by atoms with Gasteiger partial charge in [-0.2, -0.15) is 8.78 Å². The molecule has 7 heteroatoms. The van der Waals surface area contributed by atoms with Crippen LogP contribution in [0.25, 0.3) is 0 Å². The highest BCUT2D eigenvalue weighted by Crippen LogP contribution is 2.24. The summed E-state index contributed by atoms with van der Waals surface area (Å²) >= 11 is 0. The highest BCUT2D eigenvalue weighted by atomic mass is 19.3. The van der Waals surface area contributed by atoms with Gasteiger partial charge in [0, 0.05) is 17.8 Å². The van der Waals surface area contributed by atoms with E-state index in [-0.39, 0.29) is 17.8 Å². The summed E-state index contributed by atoms with van der Waals surface area (Å²) in [6.45, 7) is 2.84. The van der Waals surface area contributed by atoms with Crippen LogP contribution >= 0.6 is 0 Å². The van der Waals surface area contributed by atoms with Gasteiger partial charge in [-0.05, 0) is 64.4 Å². The number of hydrogen-bond donors (Lipinski definition) is 2. The topological polar surface area (TPSA) is 53.6 Å². The van der Waals surface area contributed by atoms with Crippen LogP contribution in [0.2, 0.25) is 0 Å². The molecule has 0 spiro atoms. The van der Waals surface area contributed by atoms with Crippen molar-refractivity contribution in [2.75, 3.05) is 25.5 Å². The Morgan fingerprint density at radius 2 is 2.00 bits per heavy atom. The van der Waals surface area contributed by atoms with Crippen molar-refractivity contribution in [3.63, 3.8) is 0 Å². The lowest BCUT2D eigenvalue weighted by molar-refractivity contribution is -0.0502. The molecule has 1 atom stereocenters. The predicted molar refractivity (Wildman–Crippen MR) is 89.6 cm³/mol. The Labute approximate surface area is 141 Å². The maximum atomic E-state index is 12.4. The number of urea groups is 1. The normalized spacial score (nSPS) is 17.6. The molecule has 1 fully saturated rings. The SMILES string of the molecule is Cc1ccc(NC(=O)NC(C)C2CCN(C)CC2)cc1OC(F)F. The molecule has 0 bridgehead atoms. The Morgan fingerprint density at radius 3 is 2.62 bits per heavy atom. The molecule has 1 aliphatic heterocycles. The van der Waals surface area contributed by atoms with Gasteiger partial charge in [0.2, 0.25) is 0 Å². The molecule has 0 saturated carbocycles. The average molecular weight is 341 g/mol. The van der Waals surface area contributed by atoms with Crippen LogP contribution in [0, 0.1) is 12.8 Å². The van der Waals surface area contributed by atoms with Crippen LogP contribution in [0.5, 0.6) is 5.75 Å². The first-order valence-corrected chi connectivity index (χ1v) is 8.16. The number of likely N-dealkylation sites (tertiary alicyclic amines) is 1. The van der Waals surface area contributed by atoms with Gasteiger partial charge in [0.1, 0.15) is 5.75 Å². The fourth-order valence-electron chi connectivity index (χ4n) is 2.92. The Bertz CT molecular complexity index is 561. The van der Waals surface area contributed by atoms with Crippen LogP contribution in [0.4, 0.5) is 19.3 Å². The van der Waals surface area contributed by atoms with Gasteiger partial charge in [-0.25, -0.2) is 4.79 Å². The van der Waals surface area contributed by atoms with E-state index in [4.69, 9.17) is 0 Å². The first-order valence-electron chi connectivity index (χ1n) is 8.16. The van der Waals surface area contributed by atoms with Crippen LogP contribution < -0.4 is 15.4 Å². The number of halogens is 2. The van der Waals surface area contributed by atoms with Gasteiger partial charge in [0.05, 0.1) is 0 Å². The molecule has 1 unspecified atom stereocenters. The van der Waals surface area contributed by atoms with Crippen molar-refractivity contribution in [1.29, 1.82) is 0 Å². The number of carbonyl (C=O) groups excluding carboxylic acids is 1. The third kappa shape index (κ3) is 5.33. The number of ether oxygens (including phenoxy) is 1. The van der Waals surface area contributed by atoms with Crippen molar-refractivity contribution in [1.82, 2.24) is 10.2 Å². The number of benzene rings is 1. The van der Waals surface area contributed by atoms with E-state index in [1.54, 1.807) is 19.1 Å². The monoisotopic (exact) mass is 341 g/mol. The minimum absolute atomic E-state index is 0.0564. The third-order valence-electron chi connectivity index (χ3n) is 4.49. The number of hydrogen-bond acceptors (Lipinski definition) is 3. The van der Waals surface area contributed by atoms with Crippen LogP contribution in [-0.2, 0) is 0 Å². The third-order valence-corrected chi connectivity index (χ3v) is 4.49. The summed E-state index contributed by atoms with van der Waals surface area (Å²) in [5, 5.41) is 5.61. The largest absolute Gasteiger partial charge is 0.434 e. The van der Waals surface area contributed by atoms with E-state index in [0.717, 1.165) is 25.9 Å². The van der Waals surface area contributed by atoms with E-state index in [0.29, 0.717) is 17.2 Å². The van der Waals surface area contributed by atoms with Gasteiger partial charge in [-0.1, -0.05) is 6.07 Å². The number of aryl methyl sites for hydroxylation is 1. The van der Waals surface area contributed by atoms with Crippen molar-refractivity contribution in [2.45, 2.75) is 39.3 Å². The van der Waals surface area contributed by atoms with Crippen LogP contribution in [0.15, 0.2) is 18.2 Å². The molecule has 1 aromatic carbocycles. The second-order valence-electron chi connectivity index (χ2n) is 6.39. The first kappa shape index (κ1) is 18.4. The van der Waals surface area contributed by atoms with Crippen LogP contribution in [0.1, 0.15) is 25.3 Å². The zero-order valence-electron chi connectivity index (χ0n) is 14.3. The molecule has 1 aromatic rings. The molecule has 1 aliphatic rings. The molecule has 1 heterocycles. The first-order chi connectivity index (χ1) is 11.3. The summed E-state index contributed by atoms with van der Waals surface area (Å²) < 4.78 is 29.2. The standard InChI is InChI=1S/C17H25F2N3O2/c1-11-4-5-14(10-15(11)24-16(18)19)21-17(23)20-12(2)13-6-8-22(3)9-7-13/h4-5,10,12-13,16H,6-9H2,1-3H3,(H2,20,21,23). The predicted octanol–water partition coefficient (Wildman–Crippen LogP) is 3.45. The molecule has 24 heavy (non-hydrogen) atoms. The Hall–Kier alpha value is -1.89. The molecule has 0 radical (unpaired) electrons. The van der Waals surface area contributed by atoms with E-state index in [1.807, 2.05) is 6.92 Å².